The summed E-state index contributed by atoms with van der Waals surface area (Å²) >= 11 is 0. The molecule has 2 N–H and O–H groups in total. The van der Waals surface area contributed by atoms with Crippen molar-refractivity contribution in [2.75, 3.05) is 0 Å². The van der Waals surface area contributed by atoms with Crippen molar-refractivity contribution in [3.8, 4) is 0 Å². The zero-order valence-corrected chi connectivity index (χ0v) is 14.4. The molecule has 0 aliphatic carbocycles. The molecule has 1 amide bonds. The van der Waals surface area contributed by atoms with Gasteiger partial charge in [0.25, 0.3) is 0 Å². The number of nitrogens with one attached hydrogen (secondary N) is 2. The molecule has 1 aromatic rings. The summed E-state index contributed by atoms with van der Waals surface area (Å²) in [5.41, 5.74) is 3.24. The maximum Gasteiger partial charge on any atom is 0.241 e. The molecule has 0 aliphatic rings. The van der Waals surface area contributed by atoms with E-state index in [1.807, 2.05) is 20.8 Å². The van der Waals surface area contributed by atoms with Crippen LogP contribution in [0.5, 0.6) is 0 Å². The molecule has 1 atom stereocenters. The van der Waals surface area contributed by atoms with Crippen molar-refractivity contribution >= 4 is 5.91 Å². The zero-order chi connectivity index (χ0) is 16.2. The van der Waals surface area contributed by atoms with E-state index in [-0.39, 0.29) is 18.5 Å². The number of hydrogen-bond acceptors (Lipinski definition) is 3. The molecule has 0 bridgehead atoms. The average Bonchev–Trinajstić information content (AvgIpc) is 2.61. The third-order valence-electron chi connectivity index (χ3n) is 3.90. The molecule has 0 saturated carbocycles. The highest BCUT2D eigenvalue weighted by Crippen LogP contribution is 2.13. The molecule has 1 rings (SSSR count). The Morgan fingerprint density at radius 3 is 2.33 bits per heavy atom. The van der Waals surface area contributed by atoms with E-state index >= 15 is 0 Å². The topological polar surface area (TPSA) is 59.0 Å². The van der Waals surface area contributed by atoms with Crippen molar-refractivity contribution in [2.24, 2.45) is 5.92 Å². The van der Waals surface area contributed by atoms with Gasteiger partial charge in [0.1, 0.15) is 6.54 Å². The van der Waals surface area contributed by atoms with Crippen LogP contribution in [0.15, 0.2) is 0 Å². The first kappa shape index (κ1) is 17.7. The summed E-state index contributed by atoms with van der Waals surface area (Å²) in [6.45, 7) is 15.6. The second-order valence-electron chi connectivity index (χ2n) is 6.44. The smallest absolute Gasteiger partial charge is 0.241 e. The Morgan fingerprint density at radius 2 is 1.81 bits per heavy atom. The predicted molar refractivity (Wildman–Crippen MR) is 86.1 cm³/mol. The largest absolute Gasteiger partial charge is 0.352 e. The molecule has 1 aromatic heterocycles. The molecule has 0 spiro atoms. The van der Waals surface area contributed by atoms with E-state index in [2.05, 4.69) is 43.4 Å². The van der Waals surface area contributed by atoms with E-state index in [1.54, 1.807) is 4.68 Å². The van der Waals surface area contributed by atoms with Gasteiger partial charge >= 0.3 is 0 Å². The van der Waals surface area contributed by atoms with E-state index in [0.717, 1.165) is 17.9 Å². The second kappa shape index (κ2) is 7.59. The Kier molecular flexibility index (Phi) is 6.40. The molecule has 1 heterocycles. The number of amides is 1. The maximum atomic E-state index is 12.1. The van der Waals surface area contributed by atoms with Gasteiger partial charge in [-0.15, -0.1) is 0 Å². The van der Waals surface area contributed by atoms with Gasteiger partial charge in [0.15, 0.2) is 0 Å². The summed E-state index contributed by atoms with van der Waals surface area (Å²) in [4.78, 5) is 12.1. The first-order valence-electron chi connectivity index (χ1n) is 7.78. The van der Waals surface area contributed by atoms with Gasteiger partial charge in [-0.2, -0.15) is 5.10 Å². The first-order valence-corrected chi connectivity index (χ1v) is 7.78. The SMILES string of the molecule is Cc1nn(CC(=O)NC(C)C(C)C)c(C)c1CNC(C)C. The van der Waals surface area contributed by atoms with Crippen molar-refractivity contribution in [2.45, 2.75) is 73.6 Å². The highest BCUT2D eigenvalue weighted by atomic mass is 16.2. The molecular weight excluding hydrogens is 264 g/mol. The number of carbonyl (C=O) groups is 1. The summed E-state index contributed by atoms with van der Waals surface area (Å²) in [5.74, 6) is 0.449. The van der Waals surface area contributed by atoms with Crippen molar-refractivity contribution in [1.82, 2.24) is 20.4 Å². The molecule has 0 aliphatic heterocycles. The van der Waals surface area contributed by atoms with Gasteiger partial charge in [-0.3, -0.25) is 9.48 Å². The lowest BCUT2D eigenvalue weighted by molar-refractivity contribution is -0.122. The van der Waals surface area contributed by atoms with E-state index in [0.29, 0.717) is 12.0 Å². The Morgan fingerprint density at radius 1 is 1.19 bits per heavy atom. The van der Waals surface area contributed by atoms with Crippen molar-refractivity contribution in [1.29, 1.82) is 0 Å². The Bertz CT molecular complexity index is 477. The number of nitrogens with zero attached hydrogens (tertiary/aromatic N) is 2. The van der Waals surface area contributed by atoms with Gasteiger partial charge in [0.05, 0.1) is 5.69 Å². The van der Waals surface area contributed by atoms with Crippen LogP contribution in [0, 0.1) is 19.8 Å². The fourth-order valence-electron chi connectivity index (χ4n) is 2.05. The van der Waals surface area contributed by atoms with E-state index < -0.39 is 0 Å². The molecule has 0 saturated heterocycles. The Hall–Kier alpha value is -1.36. The lowest BCUT2D eigenvalue weighted by atomic mass is 10.1. The predicted octanol–water partition coefficient (Wildman–Crippen LogP) is 2.16. The fraction of sp³-hybridized carbons (Fsp3) is 0.750. The monoisotopic (exact) mass is 294 g/mol. The normalized spacial score (nSPS) is 13.0. The van der Waals surface area contributed by atoms with E-state index in [9.17, 15) is 4.79 Å². The molecule has 5 heteroatoms. The Labute approximate surface area is 128 Å². The molecule has 1 unspecified atom stereocenters. The molecule has 0 aromatic carbocycles. The third-order valence-corrected chi connectivity index (χ3v) is 3.90. The van der Waals surface area contributed by atoms with Gasteiger partial charge < -0.3 is 10.6 Å². The number of aromatic nitrogens is 2. The number of rotatable bonds is 7. The molecule has 0 fully saturated rings. The fourth-order valence-corrected chi connectivity index (χ4v) is 2.05. The number of aryl methyl sites for hydroxylation is 1. The standard InChI is InChI=1S/C16H30N4O/c1-10(2)12(5)18-16(21)9-20-14(7)15(13(6)19-20)8-17-11(3)4/h10-12,17H,8-9H2,1-7H3,(H,18,21). The van der Waals surface area contributed by atoms with E-state index in [4.69, 9.17) is 0 Å². The number of carbonyl (C=O) groups excluding carboxylic acids is 1. The quantitative estimate of drug-likeness (QED) is 0.810. The van der Waals surface area contributed by atoms with Crippen molar-refractivity contribution in [3.05, 3.63) is 17.0 Å². The first-order chi connectivity index (χ1) is 9.72. The molecule has 120 valence electrons. The van der Waals surface area contributed by atoms with Crippen LogP contribution in [-0.4, -0.2) is 27.8 Å². The summed E-state index contributed by atoms with van der Waals surface area (Å²) in [6.07, 6.45) is 0. The van der Waals surface area contributed by atoms with Crippen LogP contribution >= 0.6 is 0 Å². The van der Waals surface area contributed by atoms with Gasteiger partial charge in [-0.25, -0.2) is 0 Å². The number of hydrogen-bond donors (Lipinski definition) is 2. The molecule has 5 nitrogen and oxygen atoms in total. The summed E-state index contributed by atoms with van der Waals surface area (Å²) in [7, 11) is 0. The third kappa shape index (κ3) is 5.16. The average molecular weight is 294 g/mol. The van der Waals surface area contributed by atoms with Gasteiger partial charge in [0, 0.05) is 29.9 Å². The molecular formula is C16H30N4O. The summed E-state index contributed by atoms with van der Waals surface area (Å²) in [6, 6.07) is 0.610. The van der Waals surface area contributed by atoms with E-state index in [1.165, 1.54) is 5.56 Å². The minimum absolute atomic E-state index is 0.0187. The molecule has 0 radical (unpaired) electrons. The van der Waals surface area contributed by atoms with Gasteiger partial charge in [-0.05, 0) is 26.7 Å². The minimum atomic E-state index is 0.0187. The van der Waals surface area contributed by atoms with Crippen LogP contribution in [0.25, 0.3) is 0 Å². The minimum Gasteiger partial charge on any atom is -0.352 e. The lowest BCUT2D eigenvalue weighted by Crippen LogP contribution is -2.38. The Balaban J connectivity index is 2.72. The molecule has 21 heavy (non-hydrogen) atoms. The highest BCUT2D eigenvalue weighted by Gasteiger charge is 2.16. The van der Waals surface area contributed by atoms with Crippen LogP contribution < -0.4 is 10.6 Å². The van der Waals surface area contributed by atoms with Gasteiger partial charge in [0.2, 0.25) is 5.91 Å². The van der Waals surface area contributed by atoms with Crippen molar-refractivity contribution in [3.63, 3.8) is 0 Å². The highest BCUT2D eigenvalue weighted by molar-refractivity contribution is 5.76. The van der Waals surface area contributed by atoms with Crippen LogP contribution in [0.3, 0.4) is 0 Å². The van der Waals surface area contributed by atoms with Crippen molar-refractivity contribution < 1.29 is 4.79 Å². The second-order valence-corrected chi connectivity index (χ2v) is 6.44. The van der Waals surface area contributed by atoms with Gasteiger partial charge in [-0.1, -0.05) is 27.7 Å². The summed E-state index contributed by atoms with van der Waals surface area (Å²) < 4.78 is 1.80. The van der Waals surface area contributed by atoms with Crippen LogP contribution in [0.4, 0.5) is 0 Å². The maximum absolute atomic E-state index is 12.1. The van der Waals surface area contributed by atoms with Crippen LogP contribution in [-0.2, 0) is 17.9 Å². The lowest BCUT2D eigenvalue weighted by Gasteiger charge is -2.17. The zero-order valence-electron chi connectivity index (χ0n) is 14.4. The van der Waals surface area contributed by atoms with Crippen LogP contribution in [0.2, 0.25) is 0 Å². The summed E-state index contributed by atoms with van der Waals surface area (Å²) in [5, 5.41) is 10.9. The van der Waals surface area contributed by atoms with Crippen LogP contribution in [0.1, 0.15) is 51.6 Å².